The fourth-order valence-corrected chi connectivity index (χ4v) is 2.73. The van der Waals surface area contributed by atoms with Crippen molar-refractivity contribution in [3.05, 3.63) is 12.4 Å². The van der Waals surface area contributed by atoms with Gasteiger partial charge in [0.25, 0.3) is 0 Å². The number of aryl methyl sites for hydroxylation is 1. The van der Waals surface area contributed by atoms with Gasteiger partial charge in [-0.2, -0.15) is 0 Å². The first kappa shape index (κ1) is 18.1. The Morgan fingerprint density at radius 2 is 1.81 bits per heavy atom. The molecule has 1 aromatic rings. The van der Waals surface area contributed by atoms with Gasteiger partial charge in [-0.25, -0.2) is 4.98 Å². The number of hydrogen-bond donors (Lipinski definition) is 0. The van der Waals surface area contributed by atoms with E-state index in [1.165, 1.54) is 11.8 Å². The van der Waals surface area contributed by atoms with Gasteiger partial charge in [0, 0.05) is 32.5 Å². The third-order valence-corrected chi connectivity index (χ3v) is 4.45. The smallest absolute Gasteiger partial charge is 0.233 e. The second-order valence-electron chi connectivity index (χ2n) is 6.36. The molecular weight excluding hydrogens is 282 g/mol. The van der Waals surface area contributed by atoms with E-state index in [1.807, 2.05) is 22.7 Å². The van der Waals surface area contributed by atoms with Crippen LogP contribution in [-0.2, 0) is 11.8 Å². The van der Waals surface area contributed by atoms with Crippen LogP contribution in [0.2, 0.25) is 0 Å². The van der Waals surface area contributed by atoms with E-state index in [4.69, 9.17) is 0 Å². The lowest BCUT2D eigenvalue weighted by atomic mass is 10.1. The summed E-state index contributed by atoms with van der Waals surface area (Å²) in [6.45, 7) is 10.5. The molecule has 0 fully saturated rings. The number of hydrogen-bond acceptors (Lipinski definition) is 3. The fraction of sp³-hybridized carbons (Fsp3) is 0.750. The first-order valence-corrected chi connectivity index (χ1v) is 8.76. The predicted octanol–water partition coefficient (Wildman–Crippen LogP) is 3.43. The summed E-state index contributed by atoms with van der Waals surface area (Å²) in [5, 5.41) is 0.899. The van der Waals surface area contributed by atoms with Crippen molar-refractivity contribution in [2.75, 3.05) is 18.8 Å². The quantitative estimate of drug-likeness (QED) is 0.656. The normalized spacial score (nSPS) is 11.4. The van der Waals surface area contributed by atoms with Crippen LogP contribution in [0, 0.1) is 11.8 Å². The number of imidazole rings is 1. The summed E-state index contributed by atoms with van der Waals surface area (Å²) in [4.78, 5) is 18.7. The lowest BCUT2D eigenvalue weighted by Gasteiger charge is -2.24. The van der Waals surface area contributed by atoms with Crippen LogP contribution in [0.15, 0.2) is 17.6 Å². The molecule has 0 spiro atoms. The molecule has 0 unspecified atom stereocenters. The summed E-state index contributed by atoms with van der Waals surface area (Å²) in [6.07, 6.45) is 5.80. The van der Waals surface area contributed by atoms with E-state index < -0.39 is 0 Å². The number of carbonyl (C=O) groups is 1. The molecule has 0 aliphatic heterocycles. The number of amides is 1. The van der Waals surface area contributed by atoms with E-state index in [0.717, 1.165) is 31.1 Å². The zero-order valence-corrected chi connectivity index (χ0v) is 14.8. The molecule has 0 N–H and O–H groups in total. The summed E-state index contributed by atoms with van der Waals surface area (Å²) in [5.74, 6) is 1.95. The van der Waals surface area contributed by atoms with Crippen molar-refractivity contribution < 1.29 is 4.79 Å². The third-order valence-electron chi connectivity index (χ3n) is 3.41. The summed E-state index contributed by atoms with van der Waals surface area (Å²) < 4.78 is 1.95. The lowest BCUT2D eigenvalue weighted by Crippen LogP contribution is -2.35. The predicted molar refractivity (Wildman–Crippen MR) is 89.4 cm³/mol. The highest BCUT2D eigenvalue weighted by Gasteiger charge is 2.15. The molecule has 0 bridgehead atoms. The first-order valence-electron chi connectivity index (χ1n) is 7.78. The summed E-state index contributed by atoms with van der Waals surface area (Å²) in [7, 11) is 1.95. The van der Waals surface area contributed by atoms with E-state index in [9.17, 15) is 4.79 Å². The van der Waals surface area contributed by atoms with Crippen LogP contribution >= 0.6 is 11.8 Å². The Bertz CT molecular complexity index is 417. The third kappa shape index (κ3) is 7.02. The van der Waals surface area contributed by atoms with Gasteiger partial charge in [-0.3, -0.25) is 4.79 Å². The highest BCUT2D eigenvalue weighted by Crippen LogP contribution is 2.16. The van der Waals surface area contributed by atoms with Crippen LogP contribution in [0.3, 0.4) is 0 Å². The Morgan fingerprint density at radius 1 is 1.24 bits per heavy atom. The molecular formula is C16H29N3OS. The van der Waals surface area contributed by atoms with Crippen molar-refractivity contribution in [2.24, 2.45) is 18.9 Å². The molecule has 0 saturated carbocycles. The zero-order valence-electron chi connectivity index (χ0n) is 14.0. The van der Waals surface area contributed by atoms with Gasteiger partial charge in [-0.15, -0.1) is 0 Å². The largest absolute Gasteiger partial charge is 0.342 e. The van der Waals surface area contributed by atoms with Gasteiger partial charge in [-0.1, -0.05) is 39.5 Å². The van der Waals surface area contributed by atoms with Crippen molar-refractivity contribution in [1.29, 1.82) is 0 Å². The molecule has 1 aromatic heterocycles. The molecule has 21 heavy (non-hydrogen) atoms. The maximum Gasteiger partial charge on any atom is 0.233 e. The van der Waals surface area contributed by atoms with Gasteiger partial charge < -0.3 is 9.47 Å². The molecule has 0 aliphatic rings. The molecule has 0 radical (unpaired) electrons. The maximum absolute atomic E-state index is 12.4. The summed E-state index contributed by atoms with van der Waals surface area (Å²) in [5.41, 5.74) is 0. The maximum atomic E-state index is 12.4. The average Bonchev–Trinajstić information content (AvgIpc) is 2.81. The number of nitrogens with zero attached hydrogens (tertiary/aromatic N) is 3. The van der Waals surface area contributed by atoms with Gasteiger partial charge in [-0.05, 0) is 24.7 Å². The van der Waals surface area contributed by atoms with Gasteiger partial charge in [0.2, 0.25) is 5.91 Å². The number of thioether (sulfide) groups is 1. The van der Waals surface area contributed by atoms with Crippen molar-refractivity contribution >= 4 is 17.7 Å². The van der Waals surface area contributed by atoms with E-state index >= 15 is 0 Å². The molecule has 4 nitrogen and oxygen atoms in total. The Hall–Kier alpha value is -0.970. The average molecular weight is 311 g/mol. The Morgan fingerprint density at radius 3 is 2.24 bits per heavy atom. The first-order chi connectivity index (χ1) is 9.90. The second-order valence-corrected chi connectivity index (χ2v) is 7.30. The van der Waals surface area contributed by atoms with E-state index in [2.05, 4.69) is 32.7 Å². The second kappa shape index (κ2) is 9.13. The standard InChI is InChI=1S/C16H29N3OS/c1-13(2)6-9-19(10-7-14(3)4)15(20)12-21-16-17-8-11-18(16)5/h8,11,13-14H,6-7,9-10,12H2,1-5H3. The molecule has 0 atom stereocenters. The van der Waals surface area contributed by atoms with Crippen LogP contribution in [0.1, 0.15) is 40.5 Å². The van der Waals surface area contributed by atoms with Crippen LogP contribution in [0.4, 0.5) is 0 Å². The van der Waals surface area contributed by atoms with Gasteiger partial charge in [0.1, 0.15) is 0 Å². The minimum Gasteiger partial charge on any atom is -0.342 e. The van der Waals surface area contributed by atoms with Crippen LogP contribution in [0.25, 0.3) is 0 Å². The monoisotopic (exact) mass is 311 g/mol. The van der Waals surface area contributed by atoms with Gasteiger partial charge >= 0.3 is 0 Å². The minimum absolute atomic E-state index is 0.226. The molecule has 1 rings (SSSR count). The molecule has 1 amide bonds. The number of rotatable bonds is 9. The van der Waals surface area contributed by atoms with E-state index in [1.54, 1.807) is 6.20 Å². The van der Waals surface area contributed by atoms with Crippen molar-refractivity contribution in [1.82, 2.24) is 14.5 Å². The van der Waals surface area contributed by atoms with Crippen molar-refractivity contribution in [3.8, 4) is 0 Å². The molecule has 0 saturated heterocycles. The number of carbonyl (C=O) groups excluding carboxylic acids is 1. The minimum atomic E-state index is 0.226. The molecule has 0 aromatic carbocycles. The highest BCUT2D eigenvalue weighted by molar-refractivity contribution is 7.99. The number of aromatic nitrogens is 2. The van der Waals surface area contributed by atoms with E-state index in [0.29, 0.717) is 17.6 Å². The zero-order chi connectivity index (χ0) is 15.8. The van der Waals surface area contributed by atoms with Crippen LogP contribution in [0.5, 0.6) is 0 Å². The highest BCUT2D eigenvalue weighted by atomic mass is 32.2. The SMILES string of the molecule is CC(C)CCN(CCC(C)C)C(=O)CSc1nccn1C. The van der Waals surface area contributed by atoms with Gasteiger partial charge in [0.15, 0.2) is 5.16 Å². The summed E-state index contributed by atoms with van der Waals surface area (Å²) >= 11 is 1.52. The molecule has 120 valence electrons. The Balaban J connectivity index is 2.50. The molecule has 0 aliphatic carbocycles. The van der Waals surface area contributed by atoms with Gasteiger partial charge in [0.05, 0.1) is 5.75 Å². The topological polar surface area (TPSA) is 38.1 Å². The molecule has 1 heterocycles. The molecule has 5 heteroatoms. The van der Waals surface area contributed by atoms with Crippen molar-refractivity contribution in [3.63, 3.8) is 0 Å². The lowest BCUT2D eigenvalue weighted by molar-refractivity contribution is -0.128. The van der Waals surface area contributed by atoms with E-state index in [-0.39, 0.29) is 5.91 Å². The van der Waals surface area contributed by atoms with Crippen molar-refractivity contribution in [2.45, 2.75) is 45.7 Å². The Kier molecular flexibility index (Phi) is 7.86. The Labute approximate surface area is 133 Å². The van der Waals surface area contributed by atoms with Crippen LogP contribution < -0.4 is 0 Å². The fourth-order valence-electron chi connectivity index (χ4n) is 1.90. The van der Waals surface area contributed by atoms with Crippen LogP contribution in [-0.4, -0.2) is 39.2 Å². The summed E-state index contributed by atoms with van der Waals surface area (Å²) in [6, 6.07) is 0.